The van der Waals surface area contributed by atoms with Crippen LogP contribution in [0.25, 0.3) is 6.08 Å². The fourth-order valence-corrected chi connectivity index (χ4v) is 3.98. The molecule has 7 nitrogen and oxygen atoms in total. The number of hydrazone groups is 1. The van der Waals surface area contributed by atoms with Crippen molar-refractivity contribution in [2.24, 2.45) is 5.10 Å². The smallest absolute Gasteiger partial charge is 0.287 e. The third-order valence-electron chi connectivity index (χ3n) is 5.30. The highest BCUT2D eigenvalue weighted by molar-refractivity contribution is 9.10. The van der Waals surface area contributed by atoms with E-state index in [-0.39, 0.29) is 22.0 Å². The molecule has 0 aliphatic rings. The van der Waals surface area contributed by atoms with Crippen LogP contribution in [-0.2, 0) is 4.79 Å². The number of rotatable bonds is 9. The van der Waals surface area contributed by atoms with Crippen molar-refractivity contribution in [3.05, 3.63) is 98.6 Å². The Bertz CT molecular complexity index is 1290. The lowest BCUT2D eigenvalue weighted by Gasteiger charge is -2.21. The molecule has 0 bridgehead atoms. The highest BCUT2D eigenvalue weighted by Crippen LogP contribution is 2.20. The summed E-state index contributed by atoms with van der Waals surface area (Å²) >= 11 is 9.48. The summed E-state index contributed by atoms with van der Waals surface area (Å²) in [6.07, 6.45) is 2.87. The van der Waals surface area contributed by atoms with Crippen molar-refractivity contribution in [3.8, 4) is 5.75 Å². The maximum absolute atomic E-state index is 13.0. The van der Waals surface area contributed by atoms with Crippen LogP contribution in [0.2, 0.25) is 5.02 Å². The van der Waals surface area contributed by atoms with Gasteiger partial charge < -0.3 is 15.3 Å². The molecule has 0 unspecified atom stereocenters. The van der Waals surface area contributed by atoms with E-state index in [1.54, 1.807) is 42.5 Å². The highest BCUT2D eigenvalue weighted by Gasteiger charge is 2.16. The summed E-state index contributed by atoms with van der Waals surface area (Å²) < 4.78 is 0.744. The van der Waals surface area contributed by atoms with Crippen molar-refractivity contribution in [1.82, 2.24) is 10.7 Å². The number of anilines is 1. The Labute approximate surface area is 223 Å². The SMILES string of the molecule is CCN(CC)c1ccc(C=C(NC(=O)c2ccccc2Cl)C(=O)NN=Cc2cc(Br)ccc2O)cc1. The first kappa shape index (κ1) is 27.0. The van der Waals surface area contributed by atoms with Crippen LogP contribution in [-0.4, -0.2) is 36.2 Å². The van der Waals surface area contributed by atoms with Gasteiger partial charge in [0.1, 0.15) is 11.4 Å². The van der Waals surface area contributed by atoms with Gasteiger partial charge in [0.15, 0.2) is 0 Å². The molecule has 0 spiro atoms. The number of phenolic OH excluding ortho intramolecular Hbond substituents is 1. The minimum Gasteiger partial charge on any atom is -0.507 e. The van der Waals surface area contributed by atoms with Crippen molar-refractivity contribution < 1.29 is 14.7 Å². The van der Waals surface area contributed by atoms with E-state index in [1.807, 2.05) is 24.3 Å². The van der Waals surface area contributed by atoms with E-state index in [0.717, 1.165) is 23.2 Å². The average Bonchev–Trinajstić information content (AvgIpc) is 2.87. The molecule has 3 N–H and O–H groups in total. The Morgan fingerprint density at radius 2 is 1.75 bits per heavy atom. The van der Waals surface area contributed by atoms with Gasteiger partial charge in [0.25, 0.3) is 11.8 Å². The summed E-state index contributed by atoms with van der Waals surface area (Å²) in [5.74, 6) is -1.17. The summed E-state index contributed by atoms with van der Waals surface area (Å²) in [5, 5.41) is 16.8. The zero-order valence-corrected chi connectivity index (χ0v) is 22.2. The molecule has 0 saturated carbocycles. The van der Waals surface area contributed by atoms with E-state index in [1.165, 1.54) is 12.3 Å². The lowest BCUT2D eigenvalue weighted by molar-refractivity contribution is -0.117. The van der Waals surface area contributed by atoms with E-state index in [4.69, 9.17) is 11.6 Å². The predicted octanol–water partition coefficient (Wildman–Crippen LogP) is 5.58. The molecule has 0 aliphatic heterocycles. The summed E-state index contributed by atoms with van der Waals surface area (Å²) in [6.45, 7) is 5.91. The van der Waals surface area contributed by atoms with E-state index >= 15 is 0 Å². The molecule has 0 aromatic heterocycles. The lowest BCUT2D eigenvalue weighted by Crippen LogP contribution is -2.33. The molecule has 3 aromatic carbocycles. The molecule has 3 rings (SSSR count). The summed E-state index contributed by atoms with van der Waals surface area (Å²) in [7, 11) is 0. The number of halogens is 2. The topological polar surface area (TPSA) is 94.0 Å². The van der Waals surface area contributed by atoms with Gasteiger partial charge in [0.2, 0.25) is 0 Å². The number of benzene rings is 3. The van der Waals surface area contributed by atoms with E-state index in [9.17, 15) is 14.7 Å². The molecule has 186 valence electrons. The zero-order valence-electron chi connectivity index (χ0n) is 19.8. The van der Waals surface area contributed by atoms with Gasteiger partial charge in [-0.2, -0.15) is 5.10 Å². The number of phenols is 1. The normalized spacial score (nSPS) is 11.4. The summed E-state index contributed by atoms with van der Waals surface area (Å²) in [6, 6.07) is 19.1. The summed E-state index contributed by atoms with van der Waals surface area (Å²) in [4.78, 5) is 28.1. The number of nitrogens with one attached hydrogen (secondary N) is 2. The van der Waals surface area contributed by atoms with Gasteiger partial charge in [0, 0.05) is 28.8 Å². The largest absolute Gasteiger partial charge is 0.507 e. The van der Waals surface area contributed by atoms with Gasteiger partial charge in [-0.05, 0) is 68.0 Å². The Morgan fingerprint density at radius 3 is 2.42 bits per heavy atom. The zero-order chi connectivity index (χ0) is 26.1. The van der Waals surface area contributed by atoms with Crippen LogP contribution >= 0.6 is 27.5 Å². The molecule has 3 aromatic rings. The Kier molecular flexibility index (Phi) is 9.67. The quantitative estimate of drug-likeness (QED) is 0.178. The van der Waals surface area contributed by atoms with Crippen LogP contribution < -0.4 is 15.6 Å². The molecule has 0 atom stereocenters. The molecular formula is C27H26BrClN4O3. The van der Waals surface area contributed by atoms with E-state index < -0.39 is 11.8 Å². The number of carbonyl (C=O) groups is 2. The maximum atomic E-state index is 13.0. The molecule has 36 heavy (non-hydrogen) atoms. The third-order valence-corrected chi connectivity index (χ3v) is 6.13. The van der Waals surface area contributed by atoms with Crippen molar-refractivity contribution >= 4 is 57.3 Å². The molecule has 0 saturated heterocycles. The van der Waals surface area contributed by atoms with Crippen molar-refractivity contribution in [2.45, 2.75) is 13.8 Å². The molecule has 0 radical (unpaired) electrons. The number of aromatic hydroxyl groups is 1. The minimum atomic E-state index is -0.644. The van der Waals surface area contributed by atoms with Crippen LogP contribution in [0.3, 0.4) is 0 Å². The van der Waals surface area contributed by atoms with Gasteiger partial charge in [-0.15, -0.1) is 0 Å². The highest BCUT2D eigenvalue weighted by atomic mass is 79.9. The van der Waals surface area contributed by atoms with Crippen molar-refractivity contribution in [1.29, 1.82) is 0 Å². The van der Waals surface area contributed by atoms with Crippen LogP contribution in [0.5, 0.6) is 5.75 Å². The van der Waals surface area contributed by atoms with Crippen LogP contribution in [0.15, 0.2) is 82.0 Å². The lowest BCUT2D eigenvalue weighted by atomic mass is 10.1. The van der Waals surface area contributed by atoms with E-state index in [2.05, 4.69) is 50.5 Å². The third kappa shape index (κ3) is 7.19. The Morgan fingerprint density at radius 1 is 1.06 bits per heavy atom. The second kappa shape index (κ2) is 12.9. The first-order valence-corrected chi connectivity index (χ1v) is 12.4. The average molecular weight is 570 g/mol. The standard InChI is InChI=1S/C27H26BrClN4O3/c1-3-33(4-2)21-12-9-18(10-13-21)15-24(31-26(35)22-7-5-6-8-23(22)29)27(36)32-30-17-19-16-20(28)11-14-25(19)34/h5-17,34H,3-4H2,1-2H3,(H,31,35)(H,32,36). The minimum absolute atomic E-state index is 0.00674. The Balaban J connectivity index is 1.87. The molecule has 9 heteroatoms. The first-order chi connectivity index (χ1) is 17.3. The van der Waals surface area contributed by atoms with Gasteiger partial charge in [-0.3, -0.25) is 9.59 Å². The molecule has 0 aliphatic carbocycles. The van der Waals surface area contributed by atoms with Crippen LogP contribution in [0.4, 0.5) is 5.69 Å². The Hall–Kier alpha value is -3.62. The number of hydrogen-bond acceptors (Lipinski definition) is 5. The number of carbonyl (C=O) groups excluding carboxylic acids is 2. The molecule has 2 amide bonds. The second-order valence-electron chi connectivity index (χ2n) is 7.66. The first-order valence-electron chi connectivity index (χ1n) is 11.3. The second-order valence-corrected chi connectivity index (χ2v) is 8.98. The van der Waals surface area contributed by atoms with Gasteiger partial charge in [-0.25, -0.2) is 5.43 Å². The van der Waals surface area contributed by atoms with Gasteiger partial charge in [0.05, 0.1) is 16.8 Å². The summed E-state index contributed by atoms with van der Waals surface area (Å²) in [5.41, 5.74) is 4.78. The monoisotopic (exact) mass is 568 g/mol. The fourth-order valence-electron chi connectivity index (χ4n) is 3.38. The molecule has 0 heterocycles. The maximum Gasteiger partial charge on any atom is 0.287 e. The number of amides is 2. The molecular weight excluding hydrogens is 544 g/mol. The number of nitrogens with zero attached hydrogens (tertiary/aromatic N) is 2. The van der Waals surface area contributed by atoms with Crippen LogP contribution in [0.1, 0.15) is 35.3 Å². The molecule has 0 fully saturated rings. The van der Waals surface area contributed by atoms with Gasteiger partial charge in [-0.1, -0.05) is 51.8 Å². The van der Waals surface area contributed by atoms with Crippen molar-refractivity contribution in [2.75, 3.05) is 18.0 Å². The number of hydrogen-bond donors (Lipinski definition) is 3. The van der Waals surface area contributed by atoms with Gasteiger partial charge >= 0.3 is 0 Å². The van der Waals surface area contributed by atoms with Crippen molar-refractivity contribution in [3.63, 3.8) is 0 Å². The fraction of sp³-hybridized carbons (Fsp3) is 0.148. The van der Waals surface area contributed by atoms with E-state index in [0.29, 0.717) is 11.1 Å². The predicted molar refractivity (Wildman–Crippen MR) is 148 cm³/mol. The van der Waals surface area contributed by atoms with Crippen LogP contribution in [0, 0.1) is 0 Å².